The first-order chi connectivity index (χ1) is 13.6. The lowest BCUT2D eigenvalue weighted by molar-refractivity contribution is -0.131. The zero-order valence-electron chi connectivity index (χ0n) is 16.9. The van der Waals surface area contributed by atoms with Crippen molar-refractivity contribution in [2.24, 2.45) is 0 Å². The molecule has 0 N–H and O–H groups in total. The Kier molecular flexibility index (Phi) is 5.03. The highest BCUT2D eigenvalue weighted by Crippen LogP contribution is 2.34. The van der Waals surface area contributed by atoms with Crippen molar-refractivity contribution in [2.75, 3.05) is 7.05 Å². The van der Waals surface area contributed by atoms with Crippen LogP contribution in [-0.2, 0) is 17.6 Å². The molecule has 0 radical (unpaired) electrons. The van der Waals surface area contributed by atoms with Crippen LogP contribution in [0.25, 0.3) is 5.69 Å². The second kappa shape index (κ2) is 7.63. The number of carbonyl (C=O) groups is 1. The third-order valence-electron chi connectivity index (χ3n) is 5.97. The SMILES string of the molecule is Cc1nn(-c2ccccc2)c(C)c1CC(=O)N(C)C1CCCc2ccccc21. The number of hydrogen-bond donors (Lipinski definition) is 0. The molecule has 0 saturated heterocycles. The highest BCUT2D eigenvalue weighted by Gasteiger charge is 2.27. The maximum absolute atomic E-state index is 13.2. The van der Waals surface area contributed by atoms with E-state index in [-0.39, 0.29) is 11.9 Å². The molecule has 0 saturated carbocycles. The van der Waals surface area contributed by atoms with Crippen molar-refractivity contribution in [1.29, 1.82) is 0 Å². The molecule has 1 aromatic heterocycles. The largest absolute Gasteiger partial charge is 0.338 e. The molecule has 0 spiro atoms. The summed E-state index contributed by atoms with van der Waals surface area (Å²) in [5.74, 6) is 0.153. The van der Waals surface area contributed by atoms with Gasteiger partial charge < -0.3 is 4.90 Å². The molecule has 0 aliphatic heterocycles. The summed E-state index contributed by atoms with van der Waals surface area (Å²) in [7, 11) is 1.95. The first kappa shape index (κ1) is 18.5. The van der Waals surface area contributed by atoms with Crippen LogP contribution in [0.2, 0.25) is 0 Å². The molecular formula is C24H27N3O. The van der Waals surface area contributed by atoms with Crippen LogP contribution in [0.3, 0.4) is 0 Å². The fourth-order valence-corrected chi connectivity index (χ4v) is 4.33. The van der Waals surface area contributed by atoms with E-state index in [1.54, 1.807) is 0 Å². The van der Waals surface area contributed by atoms with Crippen molar-refractivity contribution in [1.82, 2.24) is 14.7 Å². The number of benzene rings is 2. The van der Waals surface area contributed by atoms with E-state index >= 15 is 0 Å². The lowest BCUT2D eigenvalue weighted by atomic mass is 9.87. The van der Waals surface area contributed by atoms with Gasteiger partial charge in [-0.3, -0.25) is 4.79 Å². The second-order valence-corrected chi connectivity index (χ2v) is 7.68. The standard InChI is InChI=1S/C24H27N3O/c1-17-22(18(2)27(25-17)20-12-5-4-6-13-20)16-24(28)26(3)23-15-9-11-19-10-7-8-14-21(19)23/h4-8,10,12-14,23H,9,11,15-16H2,1-3H3. The van der Waals surface area contributed by atoms with Gasteiger partial charge in [0.05, 0.1) is 23.8 Å². The topological polar surface area (TPSA) is 38.1 Å². The van der Waals surface area contributed by atoms with E-state index in [2.05, 4.69) is 29.4 Å². The van der Waals surface area contributed by atoms with E-state index in [9.17, 15) is 4.79 Å². The minimum atomic E-state index is 0.153. The van der Waals surface area contributed by atoms with Crippen molar-refractivity contribution < 1.29 is 4.79 Å². The van der Waals surface area contributed by atoms with E-state index in [1.807, 2.05) is 60.8 Å². The second-order valence-electron chi connectivity index (χ2n) is 7.68. The van der Waals surface area contributed by atoms with E-state index in [1.165, 1.54) is 11.1 Å². The normalized spacial score (nSPS) is 15.9. The first-order valence-corrected chi connectivity index (χ1v) is 10.00. The minimum Gasteiger partial charge on any atom is -0.338 e. The minimum absolute atomic E-state index is 0.153. The summed E-state index contributed by atoms with van der Waals surface area (Å²) in [6.45, 7) is 4.04. The van der Waals surface area contributed by atoms with Crippen LogP contribution in [0, 0.1) is 13.8 Å². The van der Waals surface area contributed by atoms with Gasteiger partial charge in [-0.1, -0.05) is 42.5 Å². The molecule has 1 amide bonds. The fourth-order valence-electron chi connectivity index (χ4n) is 4.33. The molecule has 1 heterocycles. The van der Waals surface area contributed by atoms with Crippen molar-refractivity contribution in [3.05, 3.63) is 82.7 Å². The van der Waals surface area contributed by atoms with Gasteiger partial charge >= 0.3 is 0 Å². The molecule has 0 bridgehead atoms. The summed E-state index contributed by atoms with van der Waals surface area (Å²) < 4.78 is 1.94. The Bertz CT molecular complexity index is 990. The summed E-state index contributed by atoms with van der Waals surface area (Å²) in [6.07, 6.45) is 3.65. The number of likely N-dealkylation sites (N-methyl/N-ethyl adjacent to an activating group) is 1. The van der Waals surface area contributed by atoms with Gasteiger partial charge in [0.15, 0.2) is 0 Å². The smallest absolute Gasteiger partial charge is 0.227 e. The molecule has 4 heteroatoms. The van der Waals surface area contributed by atoms with Crippen molar-refractivity contribution >= 4 is 5.91 Å². The quantitative estimate of drug-likeness (QED) is 0.672. The monoisotopic (exact) mass is 373 g/mol. The number of amides is 1. The third-order valence-corrected chi connectivity index (χ3v) is 5.97. The molecule has 4 nitrogen and oxygen atoms in total. The number of carbonyl (C=O) groups excluding carboxylic acids is 1. The molecule has 0 fully saturated rings. The van der Waals surface area contributed by atoms with Crippen molar-refractivity contribution in [3.63, 3.8) is 0 Å². The van der Waals surface area contributed by atoms with Crippen molar-refractivity contribution in [3.8, 4) is 5.69 Å². The van der Waals surface area contributed by atoms with Gasteiger partial charge in [0.2, 0.25) is 5.91 Å². The zero-order valence-corrected chi connectivity index (χ0v) is 16.9. The third kappa shape index (κ3) is 3.35. The van der Waals surface area contributed by atoms with Crippen molar-refractivity contribution in [2.45, 2.75) is 45.6 Å². The van der Waals surface area contributed by atoms with Gasteiger partial charge in [-0.2, -0.15) is 5.10 Å². The van der Waals surface area contributed by atoms with Crippen LogP contribution in [0.1, 0.15) is 47.0 Å². The molecule has 3 aromatic rings. The maximum atomic E-state index is 13.2. The highest BCUT2D eigenvalue weighted by atomic mass is 16.2. The highest BCUT2D eigenvalue weighted by molar-refractivity contribution is 5.79. The van der Waals surface area contributed by atoms with Gasteiger partial charge in [-0.15, -0.1) is 0 Å². The lowest BCUT2D eigenvalue weighted by Gasteiger charge is -2.33. The number of fused-ring (bicyclic) bond motifs is 1. The average molecular weight is 374 g/mol. The molecule has 1 atom stereocenters. The number of hydrogen-bond acceptors (Lipinski definition) is 2. The van der Waals surface area contributed by atoms with Gasteiger partial charge in [-0.05, 0) is 56.4 Å². The van der Waals surface area contributed by atoms with E-state index in [0.717, 1.165) is 41.9 Å². The molecule has 2 aromatic carbocycles. The van der Waals surface area contributed by atoms with Crippen LogP contribution >= 0.6 is 0 Å². The van der Waals surface area contributed by atoms with Crippen LogP contribution in [0.4, 0.5) is 0 Å². The average Bonchev–Trinajstić information content (AvgIpc) is 3.01. The summed E-state index contributed by atoms with van der Waals surface area (Å²) in [4.78, 5) is 15.1. The zero-order chi connectivity index (χ0) is 19.7. The Balaban J connectivity index is 1.57. The summed E-state index contributed by atoms with van der Waals surface area (Å²) in [6, 6.07) is 18.8. The molecule has 4 rings (SSSR count). The predicted molar refractivity (Wildman–Crippen MR) is 112 cm³/mol. The Morgan fingerprint density at radius 1 is 1.11 bits per heavy atom. The molecule has 1 aliphatic rings. The van der Waals surface area contributed by atoms with Crippen LogP contribution in [0.5, 0.6) is 0 Å². The molecule has 1 unspecified atom stereocenters. The van der Waals surface area contributed by atoms with E-state index in [0.29, 0.717) is 6.42 Å². The van der Waals surface area contributed by atoms with Crippen LogP contribution in [0.15, 0.2) is 54.6 Å². The number of aryl methyl sites for hydroxylation is 2. The number of aromatic nitrogens is 2. The first-order valence-electron chi connectivity index (χ1n) is 10.00. The number of rotatable bonds is 4. The van der Waals surface area contributed by atoms with Crippen LogP contribution in [-0.4, -0.2) is 27.6 Å². The summed E-state index contributed by atoms with van der Waals surface area (Å²) in [5.41, 5.74) is 6.70. The fraction of sp³-hybridized carbons (Fsp3) is 0.333. The predicted octanol–water partition coefficient (Wildman–Crippen LogP) is 4.57. The van der Waals surface area contributed by atoms with Gasteiger partial charge in [0, 0.05) is 18.3 Å². The Labute approximate surface area is 166 Å². The van der Waals surface area contributed by atoms with Crippen LogP contribution < -0.4 is 0 Å². The maximum Gasteiger partial charge on any atom is 0.227 e. The Hall–Kier alpha value is -2.88. The molecule has 28 heavy (non-hydrogen) atoms. The molecular weight excluding hydrogens is 346 g/mol. The lowest BCUT2D eigenvalue weighted by Crippen LogP contribution is -2.34. The molecule has 1 aliphatic carbocycles. The summed E-state index contributed by atoms with van der Waals surface area (Å²) >= 11 is 0. The number of nitrogens with zero attached hydrogens (tertiary/aromatic N) is 3. The Morgan fingerprint density at radius 3 is 2.61 bits per heavy atom. The number of para-hydroxylation sites is 1. The van der Waals surface area contributed by atoms with Gasteiger partial charge in [-0.25, -0.2) is 4.68 Å². The van der Waals surface area contributed by atoms with Gasteiger partial charge in [0.25, 0.3) is 0 Å². The molecule has 144 valence electrons. The Morgan fingerprint density at radius 2 is 1.82 bits per heavy atom. The van der Waals surface area contributed by atoms with Gasteiger partial charge in [0.1, 0.15) is 0 Å². The van der Waals surface area contributed by atoms with E-state index < -0.39 is 0 Å². The summed E-state index contributed by atoms with van der Waals surface area (Å²) in [5, 5.41) is 4.69. The van der Waals surface area contributed by atoms with E-state index in [4.69, 9.17) is 0 Å².